The highest BCUT2D eigenvalue weighted by Gasteiger charge is 2.40. The first kappa shape index (κ1) is 21.7. The Bertz CT molecular complexity index is 712. The molecule has 166 valence electrons. The lowest BCUT2D eigenvalue weighted by Crippen LogP contribution is -2.50. The highest BCUT2D eigenvalue weighted by molar-refractivity contribution is 5.82. The summed E-state index contributed by atoms with van der Waals surface area (Å²) >= 11 is 0. The van der Waals surface area contributed by atoms with Gasteiger partial charge in [-0.2, -0.15) is 0 Å². The zero-order valence-corrected chi connectivity index (χ0v) is 18.1. The van der Waals surface area contributed by atoms with Crippen molar-refractivity contribution in [3.63, 3.8) is 0 Å². The van der Waals surface area contributed by atoms with Crippen molar-refractivity contribution in [2.45, 2.75) is 69.6 Å². The molecule has 0 spiro atoms. The van der Waals surface area contributed by atoms with E-state index in [1.807, 2.05) is 6.20 Å². The van der Waals surface area contributed by atoms with Crippen molar-refractivity contribution in [2.75, 3.05) is 39.5 Å². The fourth-order valence-electron chi connectivity index (χ4n) is 4.69. The number of morpholine rings is 1. The number of ether oxygens (including phenoxy) is 2. The van der Waals surface area contributed by atoms with Gasteiger partial charge in [0.05, 0.1) is 12.6 Å². The number of hydrogen-bond donors (Lipinski definition) is 2. The Morgan fingerprint density at radius 3 is 2.77 bits per heavy atom. The zero-order chi connectivity index (χ0) is 20.9. The monoisotopic (exact) mass is 416 g/mol. The summed E-state index contributed by atoms with van der Waals surface area (Å²) < 4.78 is 11.3. The van der Waals surface area contributed by atoms with Crippen molar-refractivity contribution in [3.8, 4) is 0 Å². The summed E-state index contributed by atoms with van der Waals surface area (Å²) in [5.41, 5.74) is 9.41. The van der Waals surface area contributed by atoms with E-state index >= 15 is 0 Å². The summed E-state index contributed by atoms with van der Waals surface area (Å²) in [6.45, 7) is 6.41. The minimum atomic E-state index is -0.381. The van der Waals surface area contributed by atoms with Gasteiger partial charge in [0.15, 0.2) is 0 Å². The smallest absolute Gasteiger partial charge is 0.253 e. The minimum absolute atomic E-state index is 0.0107. The number of nitrogens with two attached hydrogens (primary N) is 1. The number of aromatic nitrogens is 1. The van der Waals surface area contributed by atoms with Crippen LogP contribution in [-0.2, 0) is 20.7 Å². The topological polar surface area (TPSA) is 89.7 Å². The molecule has 1 amide bonds. The molecule has 3 heterocycles. The third-order valence-corrected chi connectivity index (χ3v) is 6.58. The number of rotatable bonds is 8. The molecule has 2 aliphatic heterocycles. The molecule has 1 aliphatic carbocycles. The molecule has 0 bridgehead atoms. The number of nitrogens with zero attached hydrogens (tertiary/aromatic N) is 2. The fourth-order valence-corrected chi connectivity index (χ4v) is 4.69. The SMILES string of the molecule is C[C@H](c1cnc(C2CCOCC2)c(CCCN)c1)N(C(=O)[C@H]1CNCCO1)C1CC1. The summed E-state index contributed by atoms with van der Waals surface area (Å²) in [6, 6.07) is 2.59. The zero-order valence-electron chi connectivity index (χ0n) is 18.1. The highest BCUT2D eigenvalue weighted by atomic mass is 16.5. The quantitative estimate of drug-likeness (QED) is 0.673. The van der Waals surface area contributed by atoms with Crippen molar-refractivity contribution >= 4 is 5.91 Å². The van der Waals surface area contributed by atoms with Crippen LogP contribution in [0, 0.1) is 0 Å². The maximum absolute atomic E-state index is 13.3. The predicted molar refractivity (Wildman–Crippen MR) is 115 cm³/mol. The molecule has 1 saturated carbocycles. The van der Waals surface area contributed by atoms with Gasteiger partial charge in [0.2, 0.25) is 0 Å². The predicted octanol–water partition coefficient (Wildman–Crippen LogP) is 1.91. The molecule has 30 heavy (non-hydrogen) atoms. The van der Waals surface area contributed by atoms with Crippen LogP contribution in [0.25, 0.3) is 0 Å². The van der Waals surface area contributed by atoms with E-state index in [1.54, 1.807) is 0 Å². The number of amides is 1. The van der Waals surface area contributed by atoms with Gasteiger partial charge >= 0.3 is 0 Å². The van der Waals surface area contributed by atoms with Crippen LogP contribution in [0.1, 0.15) is 67.8 Å². The van der Waals surface area contributed by atoms with Gasteiger partial charge in [0.1, 0.15) is 6.10 Å². The van der Waals surface area contributed by atoms with Crippen LogP contribution in [-0.4, -0.2) is 67.4 Å². The maximum atomic E-state index is 13.3. The van der Waals surface area contributed by atoms with E-state index in [2.05, 4.69) is 23.2 Å². The van der Waals surface area contributed by atoms with Crippen molar-refractivity contribution in [1.82, 2.24) is 15.2 Å². The van der Waals surface area contributed by atoms with E-state index in [0.29, 0.717) is 31.7 Å². The fraction of sp³-hybridized carbons (Fsp3) is 0.739. The van der Waals surface area contributed by atoms with Crippen molar-refractivity contribution in [1.29, 1.82) is 0 Å². The van der Waals surface area contributed by atoms with E-state index in [-0.39, 0.29) is 18.1 Å². The van der Waals surface area contributed by atoms with Crippen LogP contribution < -0.4 is 11.1 Å². The minimum Gasteiger partial charge on any atom is -0.381 e. The Labute approximate surface area is 179 Å². The number of carbonyl (C=O) groups is 1. The molecule has 0 aromatic carbocycles. The Balaban J connectivity index is 1.56. The largest absolute Gasteiger partial charge is 0.381 e. The lowest BCUT2D eigenvalue weighted by Gasteiger charge is -2.34. The number of carbonyl (C=O) groups excluding carboxylic acids is 1. The van der Waals surface area contributed by atoms with Gasteiger partial charge in [0.25, 0.3) is 5.91 Å². The van der Waals surface area contributed by atoms with E-state index in [1.165, 1.54) is 11.3 Å². The van der Waals surface area contributed by atoms with E-state index in [0.717, 1.165) is 63.8 Å². The summed E-state index contributed by atoms with van der Waals surface area (Å²) in [7, 11) is 0. The van der Waals surface area contributed by atoms with Gasteiger partial charge in [-0.15, -0.1) is 0 Å². The molecule has 1 aromatic heterocycles. The van der Waals surface area contributed by atoms with Crippen LogP contribution in [0.5, 0.6) is 0 Å². The molecule has 3 fully saturated rings. The number of aryl methyl sites for hydroxylation is 1. The van der Waals surface area contributed by atoms with Gasteiger partial charge in [-0.05, 0) is 63.1 Å². The van der Waals surface area contributed by atoms with Gasteiger partial charge in [-0.3, -0.25) is 9.78 Å². The second kappa shape index (κ2) is 10.2. The molecule has 2 atom stereocenters. The third-order valence-electron chi connectivity index (χ3n) is 6.58. The molecular formula is C23H36N4O3. The van der Waals surface area contributed by atoms with Crippen LogP contribution in [0.2, 0.25) is 0 Å². The number of nitrogens with one attached hydrogen (secondary N) is 1. The summed E-state index contributed by atoms with van der Waals surface area (Å²) in [5.74, 6) is 0.563. The maximum Gasteiger partial charge on any atom is 0.253 e. The first-order valence-corrected chi connectivity index (χ1v) is 11.6. The number of hydrogen-bond acceptors (Lipinski definition) is 6. The normalized spacial score (nSPS) is 23.9. The Hall–Kier alpha value is -1.54. The van der Waals surface area contributed by atoms with E-state index in [4.69, 9.17) is 20.2 Å². The van der Waals surface area contributed by atoms with Crippen LogP contribution in [0.15, 0.2) is 12.3 Å². The lowest BCUT2D eigenvalue weighted by molar-refractivity contribution is -0.148. The summed E-state index contributed by atoms with van der Waals surface area (Å²) in [4.78, 5) is 20.3. The van der Waals surface area contributed by atoms with Gasteiger partial charge in [-0.25, -0.2) is 0 Å². The van der Waals surface area contributed by atoms with E-state index < -0.39 is 0 Å². The Morgan fingerprint density at radius 2 is 2.10 bits per heavy atom. The molecule has 4 rings (SSSR count). The van der Waals surface area contributed by atoms with Crippen LogP contribution in [0.3, 0.4) is 0 Å². The second-order valence-electron chi connectivity index (χ2n) is 8.81. The molecule has 7 heteroatoms. The second-order valence-corrected chi connectivity index (χ2v) is 8.81. The molecule has 3 N–H and O–H groups in total. The number of pyridine rings is 1. The van der Waals surface area contributed by atoms with E-state index in [9.17, 15) is 4.79 Å². The summed E-state index contributed by atoms with van der Waals surface area (Å²) in [6.07, 6.45) is 7.68. The molecule has 0 radical (unpaired) electrons. The first-order chi connectivity index (χ1) is 14.7. The average Bonchev–Trinajstić information content (AvgIpc) is 3.64. The van der Waals surface area contributed by atoms with Crippen LogP contribution in [0.4, 0.5) is 0 Å². The van der Waals surface area contributed by atoms with Crippen molar-refractivity contribution in [3.05, 3.63) is 29.1 Å². The molecular weight excluding hydrogens is 380 g/mol. The molecule has 2 saturated heterocycles. The molecule has 0 unspecified atom stereocenters. The lowest BCUT2D eigenvalue weighted by atomic mass is 9.90. The molecule has 1 aromatic rings. The van der Waals surface area contributed by atoms with Crippen molar-refractivity contribution < 1.29 is 14.3 Å². The first-order valence-electron chi connectivity index (χ1n) is 11.6. The van der Waals surface area contributed by atoms with Gasteiger partial charge < -0.3 is 25.4 Å². The average molecular weight is 417 g/mol. The molecule has 7 nitrogen and oxygen atoms in total. The van der Waals surface area contributed by atoms with Gasteiger partial charge in [0, 0.05) is 50.2 Å². The van der Waals surface area contributed by atoms with Crippen LogP contribution >= 0.6 is 0 Å². The Kier molecular flexibility index (Phi) is 7.36. The standard InChI is InChI=1S/C23H36N4O3/c1-16(27(20-4-5-20)23(28)21-15-25-9-12-30-21)19-13-18(3-2-8-24)22(26-14-19)17-6-10-29-11-7-17/h13-14,16-17,20-21,25H,2-12,15,24H2,1H3/t16-,21-/m1/s1. The van der Waals surface area contributed by atoms with Gasteiger partial charge in [-0.1, -0.05) is 6.07 Å². The van der Waals surface area contributed by atoms with Crippen molar-refractivity contribution in [2.24, 2.45) is 5.73 Å². The molecule has 3 aliphatic rings. The highest BCUT2D eigenvalue weighted by Crippen LogP contribution is 2.36. The summed E-state index contributed by atoms with van der Waals surface area (Å²) in [5, 5.41) is 3.28. The third kappa shape index (κ3) is 5.02. The Morgan fingerprint density at radius 1 is 1.30 bits per heavy atom.